The minimum Gasteiger partial charge on any atom is -0.477 e. The monoisotopic (exact) mass is 710 g/mol. The lowest BCUT2D eigenvalue weighted by Crippen LogP contribution is -2.46. The van der Waals surface area contributed by atoms with Crippen molar-refractivity contribution >= 4 is 39.5 Å². The Labute approximate surface area is 303 Å². The molecule has 0 bridgehead atoms. The number of halogens is 1. The number of imidazole rings is 1. The number of carbonyl (C=O) groups is 3. The van der Waals surface area contributed by atoms with E-state index in [4.69, 9.17) is 9.72 Å². The largest absolute Gasteiger partial charge is 0.477 e. The molecule has 0 radical (unpaired) electrons. The molecule has 1 aliphatic rings. The number of pyridine rings is 2. The Bertz CT molecular complexity index is 2580. The zero-order chi connectivity index (χ0) is 37.4. The Kier molecular flexibility index (Phi) is 9.32. The van der Waals surface area contributed by atoms with Crippen molar-refractivity contribution in [3.05, 3.63) is 112 Å². The van der Waals surface area contributed by atoms with Gasteiger partial charge in [-0.1, -0.05) is 43.9 Å². The highest BCUT2D eigenvalue weighted by Gasteiger charge is 2.29. The van der Waals surface area contributed by atoms with Crippen LogP contribution in [-0.2, 0) is 23.7 Å². The molecule has 4 heterocycles. The first-order valence-corrected chi connectivity index (χ1v) is 17.1. The van der Waals surface area contributed by atoms with Gasteiger partial charge in [0, 0.05) is 55.8 Å². The van der Waals surface area contributed by atoms with Crippen LogP contribution in [0.4, 0.5) is 4.39 Å². The highest BCUT2D eigenvalue weighted by molar-refractivity contribution is 6.01. The summed E-state index contributed by atoms with van der Waals surface area (Å²) >= 11 is 0. The number of amides is 3. The highest BCUT2D eigenvalue weighted by atomic mass is 19.1. The Morgan fingerprint density at radius 1 is 1.00 bits per heavy atom. The Hall–Kier alpha value is -6.61. The maximum Gasteiger partial charge on any atom is 0.328 e. The summed E-state index contributed by atoms with van der Waals surface area (Å²) in [5, 5.41) is 6.83. The van der Waals surface area contributed by atoms with Gasteiger partial charge in [0.05, 0.1) is 23.3 Å². The van der Waals surface area contributed by atoms with Crippen molar-refractivity contribution in [2.24, 2.45) is 14.1 Å². The predicted molar refractivity (Wildman–Crippen MR) is 199 cm³/mol. The van der Waals surface area contributed by atoms with Crippen molar-refractivity contribution in [1.82, 2.24) is 29.7 Å². The van der Waals surface area contributed by atoms with Crippen LogP contribution >= 0.6 is 0 Å². The number of ether oxygens (including phenoxy) is 1. The summed E-state index contributed by atoms with van der Waals surface area (Å²) in [6.45, 7) is 4.26. The molecule has 0 saturated carbocycles. The molecule has 1 aliphatic heterocycles. The Morgan fingerprint density at radius 3 is 2.58 bits per heavy atom. The van der Waals surface area contributed by atoms with Crippen molar-refractivity contribution in [1.29, 1.82) is 0 Å². The maximum absolute atomic E-state index is 14.3. The van der Waals surface area contributed by atoms with E-state index in [1.165, 1.54) is 18.2 Å². The van der Waals surface area contributed by atoms with Crippen LogP contribution in [0.2, 0.25) is 0 Å². The standard InChI is InChI=1S/C41H35FN6O5/c1-23(2)29-18-27(20-34-38(29)48(4)41(52)47(34)3)28-9-5-8-25-19-33(45-22-30(25)28)26-11-13-32(44-21-26)39(50)43-16-6-7-24-10-12-31(42)36(17-24)53-35-14-15-37(49)46-40(35)51/h5,8-13,17-23,35H,14-16H2,1-4H3,(H,43,50)(H,46,49,51). The van der Waals surface area contributed by atoms with E-state index in [9.17, 15) is 23.6 Å². The van der Waals surface area contributed by atoms with Gasteiger partial charge < -0.3 is 10.1 Å². The lowest BCUT2D eigenvalue weighted by Gasteiger charge is -2.22. The average Bonchev–Trinajstić information content (AvgIpc) is 3.37. The van der Waals surface area contributed by atoms with E-state index in [0.717, 1.165) is 44.1 Å². The summed E-state index contributed by atoms with van der Waals surface area (Å²) in [5.41, 5.74) is 6.93. The zero-order valence-corrected chi connectivity index (χ0v) is 29.5. The van der Waals surface area contributed by atoms with Gasteiger partial charge in [0.15, 0.2) is 17.7 Å². The summed E-state index contributed by atoms with van der Waals surface area (Å²) in [4.78, 5) is 58.1. The van der Waals surface area contributed by atoms with Gasteiger partial charge in [0.25, 0.3) is 11.8 Å². The average molecular weight is 711 g/mol. The first-order valence-electron chi connectivity index (χ1n) is 17.1. The van der Waals surface area contributed by atoms with Crippen LogP contribution in [0.1, 0.15) is 54.2 Å². The molecule has 266 valence electrons. The molecule has 2 N–H and O–H groups in total. The van der Waals surface area contributed by atoms with Crippen LogP contribution in [-0.4, -0.2) is 49.5 Å². The molecule has 11 nitrogen and oxygen atoms in total. The van der Waals surface area contributed by atoms with Crippen LogP contribution in [0.5, 0.6) is 5.75 Å². The van der Waals surface area contributed by atoms with Gasteiger partial charge in [0.2, 0.25) is 5.91 Å². The smallest absolute Gasteiger partial charge is 0.328 e. The molecule has 1 fully saturated rings. The quantitative estimate of drug-likeness (QED) is 0.168. The number of nitrogens with one attached hydrogen (secondary N) is 2. The van der Waals surface area contributed by atoms with E-state index in [2.05, 4.69) is 59.5 Å². The molecule has 3 amide bonds. The fraction of sp³-hybridized carbons (Fsp3) is 0.220. The molecule has 6 aromatic rings. The van der Waals surface area contributed by atoms with Crippen LogP contribution in [0.15, 0.2) is 83.9 Å². The summed E-state index contributed by atoms with van der Waals surface area (Å²) in [6, 6.07) is 19.7. The molecule has 1 atom stereocenters. The second-order valence-corrected chi connectivity index (χ2v) is 13.2. The van der Waals surface area contributed by atoms with Crippen molar-refractivity contribution in [2.75, 3.05) is 6.54 Å². The number of aromatic nitrogens is 4. The fourth-order valence-electron chi connectivity index (χ4n) is 6.51. The van der Waals surface area contributed by atoms with Crippen molar-refractivity contribution in [3.63, 3.8) is 0 Å². The predicted octanol–water partition coefficient (Wildman–Crippen LogP) is 5.38. The number of imide groups is 1. The molecule has 0 spiro atoms. The van der Waals surface area contributed by atoms with Crippen LogP contribution < -0.4 is 21.1 Å². The van der Waals surface area contributed by atoms with E-state index in [1.54, 1.807) is 34.5 Å². The summed E-state index contributed by atoms with van der Waals surface area (Å²) < 4.78 is 23.2. The molecule has 7 rings (SSSR count). The third-order valence-electron chi connectivity index (χ3n) is 9.34. The van der Waals surface area contributed by atoms with Gasteiger partial charge in [-0.15, -0.1) is 0 Å². The second kappa shape index (κ2) is 14.2. The van der Waals surface area contributed by atoms with Gasteiger partial charge in [-0.05, 0) is 76.5 Å². The number of aryl methyl sites for hydroxylation is 2. The van der Waals surface area contributed by atoms with E-state index in [0.29, 0.717) is 11.3 Å². The van der Waals surface area contributed by atoms with Crippen LogP contribution in [0.3, 0.4) is 0 Å². The van der Waals surface area contributed by atoms with Gasteiger partial charge >= 0.3 is 5.69 Å². The molecule has 12 heteroatoms. The van der Waals surface area contributed by atoms with Crippen molar-refractivity contribution < 1.29 is 23.5 Å². The normalized spacial score (nSPS) is 14.3. The number of piperidine rings is 1. The number of fused-ring (bicyclic) bond motifs is 2. The molecular formula is C41H35FN6O5. The van der Waals surface area contributed by atoms with Crippen LogP contribution in [0.25, 0.3) is 44.2 Å². The number of rotatable bonds is 7. The number of carbonyl (C=O) groups excluding carboxylic acids is 3. The molecule has 53 heavy (non-hydrogen) atoms. The van der Waals surface area contributed by atoms with Crippen LogP contribution in [0, 0.1) is 17.7 Å². The third-order valence-corrected chi connectivity index (χ3v) is 9.34. The number of hydrogen-bond acceptors (Lipinski definition) is 7. The highest BCUT2D eigenvalue weighted by Crippen LogP contribution is 2.35. The van der Waals surface area contributed by atoms with Gasteiger partial charge in [-0.25, -0.2) is 9.18 Å². The minimum absolute atomic E-state index is 0.00369. The van der Waals surface area contributed by atoms with Crippen molar-refractivity contribution in [3.8, 4) is 40.0 Å². The Morgan fingerprint density at radius 2 is 1.83 bits per heavy atom. The fourth-order valence-corrected chi connectivity index (χ4v) is 6.51. The summed E-state index contributed by atoms with van der Waals surface area (Å²) in [5.74, 6) is 3.64. The maximum atomic E-state index is 14.3. The van der Waals surface area contributed by atoms with E-state index >= 15 is 0 Å². The number of nitrogens with zero attached hydrogens (tertiary/aromatic N) is 4. The number of benzene rings is 3. The molecule has 1 unspecified atom stereocenters. The van der Waals surface area contributed by atoms with Gasteiger partial charge in [-0.2, -0.15) is 0 Å². The first-order chi connectivity index (χ1) is 25.5. The lowest BCUT2D eigenvalue weighted by atomic mass is 9.93. The topological polar surface area (TPSA) is 137 Å². The SMILES string of the molecule is CC(C)c1cc(-c2cccc3cc(-c4ccc(C(=O)NCC#Cc5ccc(F)c(OC6CCC(=O)NC6=O)c5)nc4)ncc23)cc2c1n(C)c(=O)n2C. The lowest BCUT2D eigenvalue weighted by molar-refractivity contribution is -0.138. The number of hydrogen-bond donors (Lipinski definition) is 2. The molecule has 3 aromatic carbocycles. The second-order valence-electron chi connectivity index (χ2n) is 13.2. The first kappa shape index (κ1) is 34.8. The van der Waals surface area contributed by atoms with Gasteiger partial charge in [0.1, 0.15) is 5.69 Å². The zero-order valence-electron chi connectivity index (χ0n) is 29.5. The summed E-state index contributed by atoms with van der Waals surface area (Å²) in [6.07, 6.45) is 2.72. The van der Waals surface area contributed by atoms with Crippen molar-refractivity contribution in [2.45, 2.75) is 38.7 Å². The van der Waals surface area contributed by atoms with E-state index < -0.39 is 29.6 Å². The Balaban J connectivity index is 1.04. The summed E-state index contributed by atoms with van der Waals surface area (Å²) in [7, 11) is 3.60. The molecule has 0 aliphatic carbocycles. The van der Waals surface area contributed by atoms with E-state index in [-0.39, 0.29) is 42.4 Å². The molecule has 3 aromatic heterocycles. The minimum atomic E-state index is -0.979. The third kappa shape index (κ3) is 6.89. The molecule has 1 saturated heterocycles. The molecular weight excluding hydrogens is 675 g/mol. The van der Waals surface area contributed by atoms with Gasteiger partial charge in [-0.3, -0.25) is 38.8 Å². The van der Waals surface area contributed by atoms with E-state index in [1.807, 2.05) is 31.4 Å².